The minimum atomic E-state index is -0.260. The number of aromatic amines is 1. The topological polar surface area (TPSA) is 82.5 Å². The molecule has 140 valence electrons. The number of fused-ring (bicyclic) bond motifs is 1. The van der Waals surface area contributed by atoms with Gasteiger partial charge in [-0.2, -0.15) is 0 Å². The number of piperazine rings is 1. The highest BCUT2D eigenvalue weighted by molar-refractivity contribution is 5.99. The molecule has 2 N–H and O–H groups in total. The predicted molar refractivity (Wildman–Crippen MR) is 98.3 cm³/mol. The van der Waals surface area contributed by atoms with Crippen molar-refractivity contribution in [3.05, 3.63) is 69.5 Å². The summed E-state index contributed by atoms with van der Waals surface area (Å²) in [5.74, 6) is -0.415. The number of hydrogen-bond acceptors (Lipinski definition) is 4. The molecule has 0 saturated carbocycles. The van der Waals surface area contributed by atoms with Crippen molar-refractivity contribution >= 4 is 11.6 Å². The Bertz CT molecular complexity index is 1040. The number of aryl methyl sites for hydroxylation is 1. The minimum Gasteiger partial charge on any atom is -0.336 e. The minimum absolute atomic E-state index is 0.0794. The zero-order chi connectivity index (χ0) is 19.0. The van der Waals surface area contributed by atoms with Gasteiger partial charge in [-0.05, 0) is 31.0 Å². The van der Waals surface area contributed by atoms with E-state index in [-0.39, 0.29) is 23.3 Å². The van der Waals surface area contributed by atoms with Crippen molar-refractivity contribution in [3.63, 3.8) is 0 Å². The number of benzene rings is 1. The van der Waals surface area contributed by atoms with Gasteiger partial charge in [0.15, 0.2) is 5.65 Å². The molecule has 0 bridgehead atoms. The molecule has 7 nitrogen and oxygen atoms in total. The molecular weight excluding hydrogens is 349 g/mol. The summed E-state index contributed by atoms with van der Waals surface area (Å²) in [4.78, 5) is 31.1. The molecule has 3 heterocycles. The maximum atomic E-state index is 13.1. The van der Waals surface area contributed by atoms with Gasteiger partial charge in [-0.15, -0.1) is 0 Å². The van der Waals surface area contributed by atoms with Crippen molar-refractivity contribution in [2.24, 2.45) is 0 Å². The van der Waals surface area contributed by atoms with Gasteiger partial charge in [-0.3, -0.25) is 14.7 Å². The van der Waals surface area contributed by atoms with E-state index in [1.807, 2.05) is 0 Å². The van der Waals surface area contributed by atoms with Crippen LogP contribution in [-0.2, 0) is 6.42 Å². The van der Waals surface area contributed by atoms with Crippen LogP contribution in [-0.4, -0.2) is 51.1 Å². The second-order valence-corrected chi connectivity index (χ2v) is 6.81. The van der Waals surface area contributed by atoms with E-state index < -0.39 is 0 Å². The van der Waals surface area contributed by atoms with E-state index in [0.717, 1.165) is 5.56 Å². The van der Waals surface area contributed by atoms with Gasteiger partial charge in [0.05, 0.1) is 0 Å². The molecule has 0 spiro atoms. The number of carbonyl (C=O) groups excluding carboxylic acids is 1. The third-order valence-corrected chi connectivity index (χ3v) is 4.79. The number of halogens is 1. The summed E-state index contributed by atoms with van der Waals surface area (Å²) < 4.78 is 14.3. The average molecular weight is 369 g/mol. The maximum Gasteiger partial charge on any atom is 0.272 e. The van der Waals surface area contributed by atoms with Crippen LogP contribution in [0.1, 0.15) is 21.6 Å². The average Bonchev–Trinajstić information content (AvgIpc) is 3.07. The van der Waals surface area contributed by atoms with E-state index in [0.29, 0.717) is 43.0 Å². The Morgan fingerprint density at radius 1 is 1.33 bits per heavy atom. The first kappa shape index (κ1) is 17.4. The largest absolute Gasteiger partial charge is 0.336 e. The highest BCUT2D eigenvalue weighted by Gasteiger charge is 2.26. The fourth-order valence-corrected chi connectivity index (χ4v) is 3.48. The Labute approximate surface area is 154 Å². The van der Waals surface area contributed by atoms with Crippen molar-refractivity contribution in [1.82, 2.24) is 24.8 Å². The summed E-state index contributed by atoms with van der Waals surface area (Å²) in [6.45, 7) is 3.51. The van der Waals surface area contributed by atoms with Crippen LogP contribution in [0.25, 0.3) is 5.65 Å². The molecular formula is C19H20FN5O2. The molecule has 1 fully saturated rings. The Balaban J connectivity index is 1.53. The van der Waals surface area contributed by atoms with Crippen molar-refractivity contribution in [1.29, 1.82) is 0 Å². The molecule has 4 rings (SSSR count). The second-order valence-electron chi connectivity index (χ2n) is 6.81. The Morgan fingerprint density at radius 3 is 2.89 bits per heavy atom. The van der Waals surface area contributed by atoms with Crippen LogP contribution in [0.3, 0.4) is 0 Å². The lowest BCUT2D eigenvalue weighted by atomic mass is 10.0. The van der Waals surface area contributed by atoms with Crippen LogP contribution in [0, 0.1) is 12.7 Å². The predicted octanol–water partition coefficient (Wildman–Crippen LogP) is 1.13. The fourth-order valence-electron chi connectivity index (χ4n) is 3.48. The van der Waals surface area contributed by atoms with Crippen molar-refractivity contribution in [2.75, 3.05) is 19.6 Å². The van der Waals surface area contributed by atoms with E-state index in [2.05, 4.69) is 15.4 Å². The first-order valence-corrected chi connectivity index (χ1v) is 8.86. The molecule has 1 amide bonds. The van der Waals surface area contributed by atoms with Gasteiger partial charge >= 0.3 is 0 Å². The lowest BCUT2D eigenvalue weighted by Gasteiger charge is -2.33. The summed E-state index contributed by atoms with van der Waals surface area (Å²) >= 11 is 0. The van der Waals surface area contributed by atoms with Gasteiger partial charge in [-0.1, -0.05) is 12.1 Å². The van der Waals surface area contributed by atoms with Gasteiger partial charge in [0.25, 0.3) is 11.5 Å². The lowest BCUT2D eigenvalue weighted by Crippen LogP contribution is -2.53. The molecule has 3 aromatic rings. The Kier molecular flexibility index (Phi) is 4.49. The molecule has 1 aliphatic heterocycles. The van der Waals surface area contributed by atoms with Crippen LogP contribution >= 0.6 is 0 Å². The lowest BCUT2D eigenvalue weighted by molar-refractivity contribution is 0.0704. The van der Waals surface area contributed by atoms with Crippen LogP contribution in [0.2, 0.25) is 0 Å². The summed E-state index contributed by atoms with van der Waals surface area (Å²) in [5, 5.41) is 6.20. The molecule has 1 atom stereocenters. The quantitative estimate of drug-likeness (QED) is 0.725. The molecule has 27 heavy (non-hydrogen) atoms. The number of hydrogen-bond donors (Lipinski definition) is 2. The SMILES string of the molecule is Cc1cc(=O)n2[nH]cc(C(=O)N3CCNC(Cc4ccc(F)cc4)C3)c2n1. The fraction of sp³-hybridized carbons (Fsp3) is 0.316. The summed E-state index contributed by atoms with van der Waals surface area (Å²) in [6, 6.07) is 7.90. The van der Waals surface area contributed by atoms with E-state index in [1.165, 1.54) is 28.9 Å². The number of carbonyl (C=O) groups is 1. The van der Waals surface area contributed by atoms with Crippen LogP contribution < -0.4 is 10.9 Å². The maximum absolute atomic E-state index is 13.1. The van der Waals surface area contributed by atoms with Gasteiger partial charge in [-0.25, -0.2) is 13.9 Å². The van der Waals surface area contributed by atoms with Gasteiger partial charge in [0.1, 0.15) is 11.4 Å². The Hall–Kier alpha value is -3.00. The van der Waals surface area contributed by atoms with Gasteiger partial charge in [0.2, 0.25) is 0 Å². The first-order chi connectivity index (χ1) is 13.0. The number of amides is 1. The van der Waals surface area contributed by atoms with E-state index in [9.17, 15) is 14.0 Å². The number of nitrogens with one attached hydrogen (secondary N) is 2. The zero-order valence-electron chi connectivity index (χ0n) is 14.9. The number of H-pyrrole nitrogens is 1. The number of rotatable bonds is 3. The molecule has 1 aromatic carbocycles. The monoisotopic (exact) mass is 369 g/mol. The number of nitrogens with zero attached hydrogens (tertiary/aromatic N) is 3. The van der Waals surface area contributed by atoms with Crippen LogP contribution in [0.4, 0.5) is 4.39 Å². The van der Waals surface area contributed by atoms with E-state index >= 15 is 0 Å². The second kappa shape index (κ2) is 6.96. The van der Waals surface area contributed by atoms with Gasteiger partial charge in [0, 0.05) is 43.6 Å². The van der Waals surface area contributed by atoms with Gasteiger partial charge < -0.3 is 10.2 Å². The normalized spacial score (nSPS) is 17.4. The summed E-state index contributed by atoms with van der Waals surface area (Å²) in [7, 11) is 0. The van der Waals surface area contributed by atoms with Crippen LogP contribution in [0.15, 0.2) is 41.3 Å². The van der Waals surface area contributed by atoms with Crippen LogP contribution in [0.5, 0.6) is 0 Å². The molecule has 8 heteroatoms. The summed E-state index contributed by atoms with van der Waals surface area (Å²) in [6.07, 6.45) is 2.23. The summed E-state index contributed by atoms with van der Waals surface area (Å²) in [5.41, 5.74) is 2.07. The molecule has 0 aliphatic carbocycles. The van der Waals surface area contributed by atoms with E-state index in [1.54, 1.807) is 24.0 Å². The van der Waals surface area contributed by atoms with Crippen molar-refractivity contribution in [3.8, 4) is 0 Å². The zero-order valence-corrected chi connectivity index (χ0v) is 14.9. The molecule has 1 aliphatic rings. The van der Waals surface area contributed by atoms with E-state index in [4.69, 9.17) is 0 Å². The first-order valence-electron chi connectivity index (χ1n) is 8.86. The molecule has 1 saturated heterocycles. The smallest absolute Gasteiger partial charge is 0.272 e. The molecule has 2 aromatic heterocycles. The van der Waals surface area contributed by atoms with Crippen molar-refractivity contribution in [2.45, 2.75) is 19.4 Å². The highest BCUT2D eigenvalue weighted by atomic mass is 19.1. The third kappa shape index (κ3) is 3.48. The van der Waals surface area contributed by atoms with Crippen molar-refractivity contribution < 1.29 is 9.18 Å². The Morgan fingerprint density at radius 2 is 2.11 bits per heavy atom. The third-order valence-electron chi connectivity index (χ3n) is 4.79. The highest BCUT2D eigenvalue weighted by Crippen LogP contribution is 2.14. The number of aromatic nitrogens is 3. The molecule has 0 radical (unpaired) electrons. The standard InChI is InChI=1S/C19H20FN5O2/c1-12-8-17(26)25-18(23-12)16(10-22-25)19(27)24-7-6-21-15(11-24)9-13-2-4-14(20)5-3-13/h2-5,8,10,15,21-22H,6-7,9,11H2,1H3. The molecule has 1 unspecified atom stereocenters.